The maximum absolute atomic E-state index is 6.09. The van der Waals surface area contributed by atoms with Gasteiger partial charge < -0.3 is 10.3 Å². The lowest BCUT2D eigenvalue weighted by atomic mass is 10.0. The minimum atomic E-state index is -0.499. The van der Waals surface area contributed by atoms with Gasteiger partial charge in [0.25, 0.3) is 0 Å². The van der Waals surface area contributed by atoms with Gasteiger partial charge in [-0.15, -0.1) is 0 Å². The highest BCUT2D eigenvalue weighted by Gasteiger charge is 2.26. The number of rotatable bonds is 5. The fourth-order valence-corrected chi connectivity index (χ4v) is 3.29. The van der Waals surface area contributed by atoms with E-state index in [4.69, 9.17) is 10.3 Å². The molecule has 2 rings (SSSR count). The van der Waals surface area contributed by atoms with Crippen LogP contribution in [0.25, 0.3) is 0 Å². The second kappa shape index (κ2) is 6.06. The van der Waals surface area contributed by atoms with Crippen molar-refractivity contribution in [3.63, 3.8) is 0 Å². The van der Waals surface area contributed by atoms with Gasteiger partial charge in [-0.25, -0.2) is 0 Å². The smallest absolute Gasteiger partial charge is 0.246 e. The van der Waals surface area contributed by atoms with E-state index in [0.29, 0.717) is 5.89 Å². The van der Waals surface area contributed by atoms with Crippen molar-refractivity contribution in [1.29, 1.82) is 0 Å². The van der Waals surface area contributed by atoms with Crippen LogP contribution in [0.3, 0.4) is 0 Å². The van der Waals surface area contributed by atoms with Gasteiger partial charge in [0.2, 0.25) is 5.89 Å². The van der Waals surface area contributed by atoms with Crippen LogP contribution < -0.4 is 5.73 Å². The molecule has 0 saturated heterocycles. The van der Waals surface area contributed by atoms with Crippen LogP contribution in [0.15, 0.2) is 4.52 Å². The van der Waals surface area contributed by atoms with Gasteiger partial charge in [0.1, 0.15) is 0 Å². The van der Waals surface area contributed by atoms with E-state index in [1.807, 2.05) is 25.6 Å². The van der Waals surface area contributed by atoms with Crippen LogP contribution in [0.1, 0.15) is 64.1 Å². The summed E-state index contributed by atoms with van der Waals surface area (Å²) in [7, 11) is 0. The van der Waals surface area contributed by atoms with Crippen molar-refractivity contribution < 1.29 is 4.52 Å². The summed E-state index contributed by atoms with van der Waals surface area (Å²) < 4.78 is 5.26. The number of hydrogen-bond acceptors (Lipinski definition) is 5. The highest BCUT2D eigenvalue weighted by Crippen LogP contribution is 2.30. The van der Waals surface area contributed by atoms with Crippen molar-refractivity contribution in [1.82, 2.24) is 10.1 Å². The molecule has 4 nitrogen and oxygen atoms in total. The molecule has 1 heterocycles. The number of hydrogen-bond donors (Lipinski definition) is 1. The van der Waals surface area contributed by atoms with Crippen LogP contribution in [0.4, 0.5) is 0 Å². The molecule has 1 aliphatic rings. The Bertz CT molecular complexity index is 372. The predicted octanol–water partition coefficient (Wildman–Crippen LogP) is 3.22. The first-order chi connectivity index (χ1) is 8.62. The molecule has 0 bridgehead atoms. The molecule has 1 aromatic rings. The van der Waals surface area contributed by atoms with Gasteiger partial charge >= 0.3 is 0 Å². The molecule has 0 amide bonds. The molecule has 102 valence electrons. The van der Waals surface area contributed by atoms with E-state index in [0.717, 1.165) is 23.2 Å². The SMILES string of the molecule is CCC(C)(N)c1nc(CSC2CCCCC2)no1. The predicted molar refractivity (Wildman–Crippen MR) is 74.3 cm³/mol. The van der Waals surface area contributed by atoms with E-state index >= 15 is 0 Å². The molecule has 5 heteroatoms. The second-order valence-corrected chi connectivity index (χ2v) is 6.65. The third kappa shape index (κ3) is 3.48. The van der Waals surface area contributed by atoms with Gasteiger partial charge in [-0.2, -0.15) is 16.7 Å². The normalized spacial score (nSPS) is 20.8. The summed E-state index contributed by atoms with van der Waals surface area (Å²) in [5.41, 5.74) is 5.59. The Labute approximate surface area is 113 Å². The molecule has 2 N–H and O–H groups in total. The molecule has 1 aromatic heterocycles. The summed E-state index contributed by atoms with van der Waals surface area (Å²) in [5.74, 6) is 2.18. The number of nitrogens with zero attached hydrogens (tertiary/aromatic N) is 2. The molecule has 1 aliphatic carbocycles. The van der Waals surface area contributed by atoms with E-state index in [1.165, 1.54) is 32.1 Å². The minimum absolute atomic E-state index is 0.499. The van der Waals surface area contributed by atoms with E-state index < -0.39 is 5.54 Å². The maximum Gasteiger partial charge on any atom is 0.246 e. The highest BCUT2D eigenvalue weighted by molar-refractivity contribution is 7.99. The third-order valence-corrected chi connectivity index (χ3v) is 5.06. The molecule has 0 aliphatic heterocycles. The molecule has 0 aromatic carbocycles. The zero-order chi connectivity index (χ0) is 13.0. The first kappa shape index (κ1) is 13.9. The Balaban J connectivity index is 1.86. The Kier molecular flexibility index (Phi) is 4.67. The Hall–Kier alpha value is -0.550. The average Bonchev–Trinajstić information content (AvgIpc) is 2.87. The van der Waals surface area contributed by atoms with E-state index in [9.17, 15) is 0 Å². The zero-order valence-electron chi connectivity index (χ0n) is 11.3. The van der Waals surface area contributed by atoms with Gasteiger partial charge in [-0.05, 0) is 26.2 Å². The Morgan fingerprint density at radius 3 is 2.78 bits per heavy atom. The van der Waals surface area contributed by atoms with Crippen molar-refractivity contribution >= 4 is 11.8 Å². The van der Waals surface area contributed by atoms with E-state index in [-0.39, 0.29) is 0 Å². The monoisotopic (exact) mass is 269 g/mol. The van der Waals surface area contributed by atoms with Crippen LogP contribution >= 0.6 is 11.8 Å². The molecular weight excluding hydrogens is 246 g/mol. The quantitative estimate of drug-likeness (QED) is 0.889. The molecule has 1 saturated carbocycles. The van der Waals surface area contributed by atoms with Crippen molar-refractivity contribution in [3.8, 4) is 0 Å². The van der Waals surface area contributed by atoms with Gasteiger partial charge in [0.15, 0.2) is 5.82 Å². The second-order valence-electron chi connectivity index (χ2n) is 5.36. The first-order valence-corrected chi connectivity index (χ1v) is 7.90. The van der Waals surface area contributed by atoms with E-state index in [1.54, 1.807) is 0 Å². The molecule has 18 heavy (non-hydrogen) atoms. The lowest BCUT2D eigenvalue weighted by Gasteiger charge is -2.20. The summed E-state index contributed by atoms with van der Waals surface area (Å²) in [4.78, 5) is 4.41. The molecule has 1 fully saturated rings. The van der Waals surface area contributed by atoms with Gasteiger partial charge in [0, 0.05) is 5.25 Å². The molecule has 0 radical (unpaired) electrons. The largest absolute Gasteiger partial charge is 0.337 e. The summed E-state index contributed by atoms with van der Waals surface area (Å²) >= 11 is 1.96. The average molecular weight is 269 g/mol. The van der Waals surface area contributed by atoms with Crippen LogP contribution in [0.5, 0.6) is 0 Å². The van der Waals surface area contributed by atoms with Crippen molar-refractivity contribution in [2.24, 2.45) is 5.73 Å². The fourth-order valence-electron chi connectivity index (χ4n) is 2.12. The fraction of sp³-hybridized carbons (Fsp3) is 0.846. The van der Waals surface area contributed by atoms with Crippen molar-refractivity contribution in [2.75, 3.05) is 0 Å². The van der Waals surface area contributed by atoms with Crippen LogP contribution in [-0.4, -0.2) is 15.4 Å². The van der Waals surface area contributed by atoms with E-state index in [2.05, 4.69) is 10.1 Å². The number of nitrogens with two attached hydrogens (primary N) is 1. The number of aromatic nitrogens is 2. The topological polar surface area (TPSA) is 64.9 Å². The first-order valence-electron chi connectivity index (χ1n) is 6.85. The Morgan fingerprint density at radius 1 is 1.39 bits per heavy atom. The molecular formula is C13H23N3OS. The van der Waals surface area contributed by atoms with Crippen LogP contribution in [0, 0.1) is 0 Å². The molecule has 0 spiro atoms. The van der Waals surface area contributed by atoms with Gasteiger partial charge in [-0.1, -0.05) is 31.3 Å². The lowest BCUT2D eigenvalue weighted by Crippen LogP contribution is -2.32. The molecule has 1 atom stereocenters. The van der Waals surface area contributed by atoms with Crippen molar-refractivity contribution in [3.05, 3.63) is 11.7 Å². The van der Waals surface area contributed by atoms with Gasteiger partial charge in [-0.3, -0.25) is 0 Å². The summed E-state index contributed by atoms with van der Waals surface area (Å²) in [6, 6.07) is 0. The van der Waals surface area contributed by atoms with Crippen LogP contribution in [-0.2, 0) is 11.3 Å². The summed E-state index contributed by atoms with van der Waals surface area (Å²) in [6.07, 6.45) is 7.59. The maximum atomic E-state index is 6.09. The highest BCUT2D eigenvalue weighted by atomic mass is 32.2. The minimum Gasteiger partial charge on any atom is -0.337 e. The standard InChI is InChI=1S/C13H23N3OS/c1-3-13(2,14)12-15-11(16-17-12)9-18-10-7-5-4-6-8-10/h10H,3-9,14H2,1-2H3. The summed E-state index contributed by atoms with van der Waals surface area (Å²) in [6.45, 7) is 3.96. The summed E-state index contributed by atoms with van der Waals surface area (Å²) in [5, 5.41) is 4.80. The third-order valence-electron chi connectivity index (χ3n) is 3.69. The van der Waals surface area contributed by atoms with Crippen molar-refractivity contribution in [2.45, 2.75) is 68.9 Å². The lowest BCUT2D eigenvalue weighted by molar-refractivity contribution is 0.290. The Morgan fingerprint density at radius 2 is 2.11 bits per heavy atom. The molecule has 1 unspecified atom stereocenters. The van der Waals surface area contributed by atoms with Gasteiger partial charge in [0.05, 0.1) is 11.3 Å². The zero-order valence-corrected chi connectivity index (χ0v) is 12.1. The van der Waals surface area contributed by atoms with Crippen LogP contribution in [0.2, 0.25) is 0 Å². The number of thioether (sulfide) groups is 1.